The quantitative estimate of drug-likeness (QED) is 0.599. The zero-order chi connectivity index (χ0) is 20.7. The second-order valence-electron chi connectivity index (χ2n) is 6.63. The third-order valence-corrected chi connectivity index (χ3v) is 5.60. The van der Waals surface area contributed by atoms with Crippen molar-refractivity contribution in [1.29, 1.82) is 0 Å². The molecule has 2 rings (SSSR count). The summed E-state index contributed by atoms with van der Waals surface area (Å²) in [6.45, 7) is 4.06. The summed E-state index contributed by atoms with van der Waals surface area (Å²) in [4.78, 5) is 11.9. The van der Waals surface area contributed by atoms with Crippen molar-refractivity contribution >= 4 is 21.6 Å². The van der Waals surface area contributed by atoms with Gasteiger partial charge in [-0.25, -0.2) is 17.2 Å². The average Bonchev–Trinajstić information content (AvgIpc) is 2.64. The van der Waals surface area contributed by atoms with Gasteiger partial charge in [-0.1, -0.05) is 26.2 Å². The van der Waals surface area contributed by atoms with Gasteiger partial charge in [-0.15, -0.1) is 0 Å². The summed E-state index contributed by atoms with van der Waals surface area (Å²) in [7, 11) is -4.07. The van der Waals surface area contributed by atoms with Gasteiger partial charge in [0, 0.05) is 17.3 Å². The highest BCUT2D eigenvalue weighted by Crippen LogP contribution is 2.19. The number of sulfonamides is 1. The Balaban J connectivity index is 2.01. The molecule has 8 heteroatoms. The van der Waals surface area contributed by atoms with Crippen LogP contribution in [0.1, 0.15) is 49.9 Å². The molecule has 28 heavy (non-hydrogen) atoms. The first kappa shape index (κ1) is 21.8. The fourth-order valence-electron chi connectivity index (χ4n) is 2.63. The lowest BCUT2D eigenvalue weighted by Crippen LogP contribution is -2.32. The van der Waals surface area contributed by atoms with Crippen LogP contribution in [-0.2, 0) is 10.0 Å². The molecule has 0 aliphatic heterocycles. The van der Waals surface area contributed by atoms with Crippen molar-refractivity contribution < 1.29 is 22.0 Å². The summed E-state index contributed by atoms with van der Waals surface area (Å²) < 4.78 is 53.1. The van der Waals surface area contributed by atoms with Crippen LogP contribution in [0.25, 0.3) is 0 Å². The molecule has 5 nitrogen and oxygen atoms in total. The number of nitrogens with one attached hydrogen (secondary N) is 2. The van der Waals surface area contributed by atoms with Gasteiger partial charge in [0.05, 0.1) is 4.90 Å². The SMILES string of the molecule is CCCCCC(C)NC(=O)c1ccc(NS(=O)(=O)c2ccc(F)c(F)c2)cc1. The normalized spacial score (nSPS) is 12.4. The minimum atomic E-state index is -4.07. The van der Waals surface area contributed by atoms with Crippen LogP contribution < -0.4 is 10.0 Å². The number of unbranched alkanes of at least 4 members (excludes halogenated alkanes) is 2. The molecule has 2 N–H and O–H groups in total. The first-order valence-electron chi connectivity index (χ1n) is 9.11. The first-order chi connectivity index (χ1) is 13.2. The molecule has 0 heterocycles. The minimum absolute atomic E-state index is 0.0469. The summed E-state index contributed by atoms with van der Waals surface area (Å²) >= 11 is 0. The Morgan fingerprint density at radius 1 is 1.04 bits per heavy atom. The average molecular weight is 410 g/mol. The number of anilines is 1. The lowest BCUT2D eigenvalue weighted by atomic mass is 10.1. The molecule has 0 spiro atoms. The molecule has 0 bridgehead atoms. The maximum absolute atomic E-state index is 13.3. The number of halogens is 2. The van der Waals surface area contributed by atoms with Gasteiger partial charge in [0.1, 0.15) is 0 Å². The standard InChI is InChI=1S/C20H24F2N2O3S/c1-3-4-5-6-14(2)23-20(25)15-7-9-16(10-8-15)24-28(26,27)17-11-12-18(21)19(22)13-17/h7-14,24H,3-6H2,1-2H3,(H,23,25). The summed E-state index contributed by atoms with van der Waals surface area (Å²) in [5.41, 5.74) is 0.607. The minimum Gasteiger partial charge on any atom is -0.350 e. The van der Waals surface area contributed by atoms with E-state index in [0.717, 1.165) is 37.8 Å². The van der Waals surface area contributed by atoms with Crippen LogP contribution in [0.15, 0.2) is 47.4 Å². The molecule has 0 aliphatic carbocycles. The second-order valence-corrected chi connectivity index (χ2v) is 8.31. The Hall–Kier alpha value is -2.48. The summed E-state index contributed by atoms with van der Waals surface area (Å²) in [5.74, 6) is -2.61. The molecule has 0 aromatic heterocycles. The highest BCUT2D eigenvalue weighted by Gasteiger charge is 2.17. The van der Waals surface area contributed by atoms with E-state index in [1.165, 1.54) is 24.3 Å². The number of hydrogen-bond acceptors (Lipinski definition) is 3. The number of rotatable bonds is 9. The number of carbonyl (C=O) groups is 1. The smallest absolute Gasteiger partial charge is 0.261 e. The Morgan fingerprint density at radius 2 is 1.71 bits per heavy atom. The van der Waals surface area contributed by atoms with Crippen molar-refractivity contribution in [1.82, 2.24) is 5.32 Å². The highest BCUT2D eigenvalue weighted by molar-refractivity contribution is 7.92. The van der Waals surface area contributed by atoms with Crippen LogP contribution in [-0.4, -0.2) is 20.4 Å². The van der Waals surface area contributed by atoms with Crippen LogP contribution in [0, 0.1) is 11.6 Å². The number of amides is 1. The number of carbonyl (C=O) groups excluding carboxylic acids is 1. The van der Waals surface area contributed by atoms with Crippen LogP contribution in [0.2, 0.25) is 0 Å². The predicted octanol–water partition coefficient (Wildman–Crippen LogP) is 4.46. The first-order valence-corrected chi connectivity index (χ1v) is 10.6. The number of hydrogen-bond donors (Lipinski definition) is 2. The van der Waals surface area contributed by atoms with E-state index in [1.807, 2.05) is 6.92 Å². The third-order valence-electron chi connectivity index (χ3n) is 4.22. The summed E-state index contributed by atoms with van der Waals surface area (Å²) in [6, 6.07) is 8.25. The highest BCUT2D eigenvalue weighted by atomic mass is 32.2. The van der Waals surface area contributed by atoms with Crippen LogP contribution in [0.4, 0.5) is 14.5 Å². The third kappa shape index (κ3) is 6.02. The molecular formula is C20H24F2N2O3S. The van der Waals surface area contributed by atoms with E-state index in [1.54, 1.807) is 0 Å². The van der Waals surface area contributed by atoms with E-state index in [2.05, 4.69) is 17.0 Å². The van der Waals surface area contributed by atoms with Crippen molar-refractivity contribution in [3.63, 3.8) is 0 Å². The zero-order valence-electron chi connectivity index (χ0n) is 15.8. The molecule has 0 radical (unpaired) electrons. The van der Waals surface area contributed by atoms with E-state index in [-0.39, 0.29) is 17.6 Å². The largest absolute Gasteiger partial charge is 0.350 e. The van der Waals surface area contributed by atoms with Gasteiger partial charge in [0.15, 0.2) is 11.6 Å². The molecule has 2 aromatic rings. The zero-order valence-corrected chi connectivity index (χ0v) is 16.7. The molecule has 0 saturated heterocycles. The maximum atomic E-state index is 13.3. The van der Waals surface area contributed by atoms with Crippen LogP contribution in [0.5, 0.6) is 0 Å². The van der Waals surface area contributed by atoms with Crippen LogP contribution >= 0.6 is 0 Å². The molecule has 2 aromatic carbocycles. The fourth-order valence-corrected chi connectivity index (χ4v) is 3.70. The van der Waals surface area contributed by atoms with E-state index in [0.29, 0.717) is 11.6 Å². The predicted molar refractivity (Wildman–Crippen MR) is 105 cm³/mol. The second kappa shape index (κ2) is 9.64. The molecule has 0 fully saturated rings. The summed E-state index contributed by atoms with van der Waals surface area (Å²) in [5, 5.41) is 2.91. The van der Waals surface area contributed by atoms with Gasteiger partial charge in [0.2, 0.25) is 0 Å². The van der Waals surface area contributed by atoms with Crippen molar-refractivity contribution in [2.24, 2.45) is 0 Å². The Bertz CT molecular complexity index is 916. The van der Waals surface area contributed by atoms with Gasteiger partial charge in [-0.3, -0.25) is 9.52 Å². The monoisotopic (exact) mass is 410 g/mol. The van der Waals surface area contributed by atoms with E-state index < -0.39 is 26.6 Å². The van der Waals surface area contributed by atoms with E-state index in [4.69, 9.17) is 0 Å². The molecule has 1 unspecified atom stereocenters. The molecule has 1 atom stereocenters. The van der Waals surface area contributed by atoms with Gasteiger partial charge < -0.3 is 5.32 Å². The lowest BCUT2D eigenvalue weighted by Gasteiger charge is -2.14. The topological polar surface area (TPSA) is 75.3 Å². The molecule has 0 saturated carbocycles. The molecule has 1 amide bonds. The van der Waals surface area contributed by atoms with E-state index >= 15 is 0 Å². The van der Waals surface area contributed by atoms with Gasteiger partial charge >= 0.3 is 0 Å². The fraction of sp³-hybridized carbons (Fsp3) is 0.350. The van der Waals surface area contributed by atoms with E-state index in [9.17, 15) is 22.0 Å². The molecule has 152 valence electrons. The van der Waals surface area contributed by atoms with Gasteiger partial charge in [-0.2, -0.15) is 0 Å². The van der Waals surface area contributed by atoms with Crippen molar-refractivity contribution in [2.75, 3.05) is 4.72 Å². The maximum Gasteiger partial charge on any atom is 0.261 e. The number of benzene rings is 2. The lowest BCUT2D eigenvalue weighted by molar-refractivity contribution is 0.0938. The van der Waals surface area contributed by atoms with Crippen molar-refractivity contribution in [2.45, 2.75) is 50.5 Å². The van der Waals surface area contributed by atoms with Gasteiger partial charge in [-0.05, 0) is 55.8 Å². The van der Waals surface area contributed by atoms with Crippen molar-refractivity contribution in [3.8, 4) is 0 Å². The summed E-state index contributed by atoms with van der Waals surface area (Å²) in [6.07, 6.45) is 4.17. The molecule has 0 aliphatic rings. The van der Waals surface area contributed by atoms with Gasteiger partial charge in [0.25, 0.3) is 15.9 Å². The van der Waals surface area contributed by atoms with Crippen molar-refractivity contribution in [3.05, 3.63) is 59.7 Å². The Morgan fingerprint density at radius 3 is 2.32 bits per heavy atom. The Labute approximate surface area is 164 Å². The molecular weight excluding hydrogens is 386 g/mol. The Kier molecular flexibility index (Phi) is 7.51. The van der Waals surface area contributed by atoms with Crippen LogP contribution in [0.3, 0.4) is 0 Å².